The summed E-state index contributed by atoms with van der Waals surface area (Å²) in [5.41, 5.74) is 0. The van der Waals surface area contributed by atoms with E-state index in [-0.39, 0.29) is 5.91 Å². The van der Waals surface area contributed by atoms with E-state index in [4.69, 9.17) is 12.2 Å². The largest absolute Gasteiger partial charge is 0.297 e. The lowest BCUT2D eigenvalue weighted by Gasteiger charge is -2.14. The summed E-state index contributed by atoms with van der Waals surface area (Å²) in [7, 11) is 0. The van der Waals surface area contributed by atoms with Gasteiger partial charge in [-0.25, -0.2) is 0 Å². The molecule has 0 spiro atoms. The van der Waals surface area contributed by atoms with E-state index in [0.717, 1.165) is 23.0 Å². The summed E-state index contributed by atoms with van der Waals surface area (Å²) >= 11 is 6.78. The number of amides is 1. The first kappa shape index (κ1) is 17.0. The number of nitrogens with zero attached hydrogens (tertiary/aromatic N) is 1. The van der Waals surface area contributed by atoms with E-state index < -0.39 is 0 Å². The van der Waals surface area contributed by atoms with E-state index in [1.807, 2.05) is 0 Å². The van der Waals surface area contributed by atoms with Crippen LogP contribution in [0.15, 0.2) is 0 Å². The summed E-state index contributed by atoms with van der Waals surface area (Å²) in [5.74, 6) is 1.21. The summed E-state index contributed by atoms with van der Waals surface area (Å²) in [6, 6.07) is 0. The van der Waals surface area contributed by atoms with E-state index in [0.29, 0.717) is 6.42 Å². The summed E-state index contributed by atoms with van der Waals surface area (Å²) in [6.45, 7) is 3.07. The highest BCUT2D eigenvalue weighted by Gasteiger charge is 2.23. The van der Waals surface area contributed by atoms with Gasteiger partial charge in [0, 0.05) is 18.7 Å². The predicted molar refractivity (Wildman–Crippen MR) is 88.6 cm³/mol. The summed E-state index contributed by atoms with van der Waals surface area (Å²) < 4.78 is 0.779. The van der Waals surface area contributed by atoms with Gasteiger partial charge in [0.2, 0.25) is 5.91 Å². The third-order valence-electron chi connectivity index (χ3n) is 3.56. The van der Waals surface area contributed by atoms with Crippen molar-refractivity contribution in [3.8, 4) is 0 Å². The minimum Gasteiger partial charge on any atom is -0.297 e. The van der Waals surface area contributed by atoms with Crippen LogP contribution >= 0.6 is 24.0 Å². The Bertz CT molecular complexity index is 281. The Morgan fingerprint density at radius 3 is 2.21 bits per heavy atom. The van der Waals surface area contributed by atoms with Crippen molar-refractivity contribution in [2.24, 2.45) is 0 Å². The highest BCUT2D eigenvalue weighted by molar-refractivity contribution is 8.23. The van der Waals surface area contributed by atoms with Crippen molar-refractivity contribution >= 4 is 34.2 Å². The van der Waals surface area contributed by atoms with E-state index in [1.54, 1.807) is 16.7 Å². The molecule has 110 valence electrons. The Kier molecular flexibility index (Phi) is 9.52. The Labute approximate surface area is 127 Å². The topological polar surface area (TPSA) is 20.3 Å². The molecule has 1 rings (SSSR count). The van der Waals surface area contributed by atoms with Crippen LogP contribution in [-0.4, -0.2) is 27.4 Å². The molecule has 1 aliphatic heterocycles. The monoisotopic (exact) mass is 301 g/mol. The molecule has 0 aromatic rings. The normalized spacial score (nSPS) is 15.2. The molecule has 0 aliphatic carbocycles. The van der Waals surface area contributed by atoms with Gasteiger partial charge in [-0.15, -0.1) is 0 Å². The van der Waals surface area contributed by atoms with E-state index >= 15 is 0 Å². The van der Waals surface area contributed by atoms with Crippen molar-refractivity contribution < 1.29 is 4.79 Å². The van der Waals surface area contributed by atoms with Gasteiger partial charge in [0.15, 0.2) is 0 Å². The average molecular weight is 302 g/mol. The highest BCUT2D eigenvalue weighted by Crippen LogP contribution is 2.19. The Morgan fingerprint density at radius 1 is 1.11 bits per heavy atom. The van der Waals surface area contributed by atoms with Gasteiger partial charge in [-0.2, -0.15) is 0 Å². The van der Waals surface area contributed by atoms with Crippen LogP contribution in [0.4, 0.5) is 0 Å². The van der Waals surface area contributed by atoms with Crippen LogP contribution in [0, 0.1) is 0 Å². The van der Waals surface area contributed by atoms with Gasteiger partial charge in [0.1, 0.15) is 4.32 Å². The SMILES string of the molecule is CCCCCCCCCCCC(=O)N1CCSC1=S. The molecule has 19 heavy (non-hydrogen) atoms. The van der Waals surface area contributed by atoms with Gasteiger partial charge in [-0.1, -0.05) is 82.3 Å². The molecule has 1 aliphatic rings. The van der Waals surface area contributed by atoms with Crippen LogP contribution in [0.5, 0.6) is 0 Å². The summed E-state index contributed by atoms with van der Waals surface area (Å²) in [4.78, 5) is 13.7. The molecule has 1 fully saturated rings. The lowest BCUT2D eigenvalue weighted by atomic mass is 10.1. The smallest absolute Gasteiger partial charge is 0.228 e. The quantitative estimate of drug-likeness (QED) is 0.428. The fraction of sp³-hybridized carbons (Fsp3) is 0.867. The van der Waals surface area contributed by atoms with E-state index in [2.05, 4.69) is 6.92 Å². The van der Waals surface area contributed by atoms with Gasteiger partial charge in [-0.05, 0) is 6.42 Å². The maximum absolute atomic E-state index is 11.9. The zero-order valence-electron chi connectivity index (χ0n) is 12.2. The van der Waals surface area contributed by atoms with Crippen molar-refractivity contribution in [1.29, 1.82) is 0 Å². The highest BCUT2D eigenvalue weighted by atomic mass is 32.2. The number of carbonyl (C=O) groups is 1. The van der Waals surface area contributed by atoms with Crippen LogP contribution in [-0.2, 0) is 4.79 Å². The van der Waals surface area contributed by atoms with Crippen molar-refractivity contribution in [1.82, 2.24) is 4.90 Å². The number of hydrogen-bond donors (Lipinski definition) is 0. The van der Waals surface area contributed by atoms with Crippen molar-refractivity contribution in [2.75, 3.05) is 12.3 Å². The second-order valence-electron chi connectivity index (χ2n) is 5.24. The molecule has 0 aromatic heterocycles. The number of rotatable bonds is 10. The first-order valence-corrected chi connectivity index (χ1v) is 9.12. The van der Waals surface area contributed by atoms with Crippen LogP contribution in [0.2, 0.25) is 0 Å². The molecule has 1 saturated heterocycles. The molecule has 0 N–H and O–H groups in total. The van der Waals surface area contributed by atoms with Gasteiger partial charge in [-0.3, -0.25) is 9.69 Å². The van der Waals surface area contributed by atoms with Crippen LogP contribution in [0.25, 0.3) is 0 Å². The van der Waals surface area contributed by atoms with Gasteiger partial charge in [0.25, 0.3) is 0 Å². The molecular formula is C15H27NOS2. The summed E-state index contributed by atoms with van der Waals surface area (Å²) in [6.07, 6.45) is 12.3. The molecule has 0 saturated carbocycles. The van der Waals surface area contributed by atoms with E-state index in [9.17, 15) is 4.79 Å². The molecule has 1 heterocycles. The van der Waals surface area contributed by atoms with Gasteiger partial charge in [0.05, 0.1) is 0 Å². The molecule has 2 nitrogen and oxygen atoms in total. The standard InChI is InChI=1S/C15H27NOS2/c1-2-3-4-5-6-7-8-9-10-11-14(17)16-12-13-19-15(16)18/h2-13H2,1H3. The number of thiocarbonyl (C=S) groups is 1. The molecule has 0 unspecified atom stereocenters. The lowest BCUT2D eigenvalue weighted by molar-refractivity contribution is -0.126. The number of hydrogen-bond acceptors (Lipinski definition) is 3. The van der Waals surface area contributed by atoms with Crippen molar-refractivity contribution in [2.45, 2.75) is 71.1 Å². The minimum absolute atomic E-state index is 0.234. The van der Waals surface area contributed by atoms with Crippen LogP contribution in [0.3, 0.4) is 0 Å². The molecule has 1 amide bonds. The average Bonchev–Trinajstić information content (AvgIpc) is 2.83. The second kappa shape index (κ2) is 10.7. The molecule has 0 radical (unpaired) electrons. The number of carbonyl (C=O) groups excluding carboxylic acids is 1. The summed E-state index contributed by atoms with van der Waals surface area (Å²) in [5, 5.41) is 0. The molecule has 0 aromatic carbocycles. The Morgan fingerprint density at radius 2 is 1.68 bits per heavy atom. The van der Waals surface area contributed by atoms with Crippen molar-refractivity contribution in [3.63, 3.8) is 0 Å². The predicted octanol–water partition coefficient (Wildman–Crippen LogP) is 4.77. The Hall–Kier alpha value is -0.0900. The van der Waals surface area contributed by atoms with Gasteiger partial charge < -0.3 is 0 Å². The zero-order chi connectivity index (χ0) is 13.9. The Balaban J connectivity index is 1.90. The molecule has 4 heteroatoms. The van der Waals surface area contributed by atoms with Gasteiger partial charge >= 0.3 is 0 Å². The fourth-order valence-electron chi connectivity index (χ4n) is 2.34. The maximum Gasteiger partial charge on any atom is 0.228 e. The first-order valence-electron chi connectivity index (χ1n) is 7.73. The maximum atomic E-state index is 11.9. The molecule has 0 atom stereocenters. The zero-order valence-corrected chi connectivity index (χ0v) is 13.8. The number of thioether (sulfide) groups is 1. The first-order chi connectivity index (χ1) is 9.25. The molecule has 0 bridgehead atoms. The van der Waals surface area contributed by atoms with E-state index in [1.165, 1.54) is 51.4 Å². The van der Waals surface area contributed by atoms with Crippen LogP contribution in [0.1, 0.15) is 71.1 Å². The van der Waals surface area contributed by atoms with Crippen LogP contribution < -0.4 is 0 Å². The molecular weight excluding hydrogens is 274 g/mol. The number of unbranched alkanes of at least 4 members (excludes halogenated alkanes) is 8. The third kappa shape index (κ3) is 7.31. The minimum atomic E-state index is 0.234. The lowest BCUT2D eigenvalue weighted by Crippen LogP contribution is -2.30. The second-order valence-corrected chi connectivity index (χ2v) is 6.97. The third-order valence-corrected chi connectivity index (χ3v) is 4.98. The fourth-order valence-corrected chi connectivity index (χ4v) is 3.58. The van der Waals surface area contributed by atoms with Crippen molar-refractivity contribution in [3.05, 3.63) is 0 Å².